The third kappa shape index (κ3) is 6.26. The molecule has 0 fully saturated rings. The molecule has 21 heavy (non-hydrogen) atoms. The van der Waals surface area contributed by atoms with Gasteiger partial charge in [0.15, 0.2) is 0 Å². The summed E-state index contributed by atoms with van der Waals surface area (Å²) in [6.07, 6.45) is 1.05. The maximum Gasteiger partial charge on any atom is 0.0458 e. The molecule has 0 aromatic heterocycles. The number of aryl methyl sites for hydroxylation is 2. The molecular formula is C19H29NS. The van der Waals surface area contributed by atoms with Gasteiger partial charge >= 0.3 is 0 Å². The fraction of sp³-hybridized carbons (Fsp3) is 0.368. The molecule has 0 aliphatic rings. The van der Waals surface area contributed by atoms with Gasteiger partial charge in [-0.05, 0) is 42.7 Å². The molecule has 0 aliphatic carbocycles. The van der Waals surface area contributed by atoms with Gasteiger partial charge in [-0.1, -0.05) is 70.6 Å². The molecule has 2 aromatic carbocycles. The summed E-state index contributed by atoms with van der Waals surface area (Å²) in [4.78, 5) is 2.43. The van der Waals surface area contributed by atoms with Gasteiger partial charge < -0.3 is 5.73 Å². The van der Waals surface area contributed by atoms with Crippen LogP contribution in [-0.4, -0.2) is 0 Å². The van der Waals surface area contributed by atoms with Crippen molar-refractivity contribution in [1.29, 1.82) is 0 Å². The first-order valence-corrected chi connectivity index (χ1v) is 8.64. The second-order valence-electron chi connectivity index (χ2n) is 4.10. The molecule has 2 heteroatoms. The Hall–Kier alpha value is -1.41. The predicted octanol–water partition coefficient (Wildman–Crippen LogP) is 6.34. The molecule has 0 atom stereocenters. The van der Waals surface area contributed by atoms with Gasteiger partial charge in [0.1, 0.15) is 0 Å². The number of hydrogen-bond acceptors (Lipinski definition) is 2. The van der Waals surface area contributed by atoms with Crippen LogP contribution >= 0.6 is 11.8 Å². The van der Waals surface area contributed by atoms with Crippen LogP contribution in [0.3, 0.4) is 0 Å². The first-order valence-electron chi connectivity index (χ1n) is 7.82. The molecular weight excluding hydrogens is 274 g/mol. The molecule has 0 amide bonds. The van der Waals surface area contributed by atoms with E-state index in [9.17, 15) is 0 Å². The Morgan fingerprint density at radius 2 is 1.52 bits per heavy atom. The molecule has 0 saturated carbocycles. The van der Waals surface area contributed by atoms with E-state index in [4.69, 9.17) is 5.73 Å². The van der Waals surface area contributed by atoms with Crippen LogP contribution in [0.25, 0.3) is 0 Å². The van der Waals surface area contributed by atoms with Gasteiger partial charge in [0.2, 0.25) is 0 Å². The Labute approximate surface area is 135 Å². The van der Waals surface area contributed by atoms with Crippen molar-refractivity contribution in [1.82, 2.24) is 0 Å². The summed E-state index contributed by atoms with van der Waals surface area (Å²) in [5, 5.41) is 0. The SMILES string of the molecule is CC.CC.CCc1ccccc1Sc1ccc(C)cc1N. The Kier molecular flexibility index (Phi) is 10.5. The second kappa shape index (κ2) is 11.3. The molecule has 0 spiro atoms. The average molecular weight is 304 g/mol. The van der Waals surface area contributed by atoms with Crippen LogP contribution in [-0.2, 0) is 6.42 Å². The summed E-state index contributed by atoms with van der Waals surface area (Å²) in [6, 6.07) is 14.7. The standard InChI is InChI=1S/C15H17NS.2C2H6/c1-3-12-6-4-5-7-14(12)17-15-9-8-11(2)10-13(15)16;2*1-2/h4-10H,3,16H2,1-2H3;2*1-2H3. The summed E-state index contributed by atoms with van der Waals surface area (Å²) >= 11 is 1.75. The third-order valence-corrected chi connectivity index (χ3v) is 3.95. The van der Waals surface area contributed by atoms with E-state index in [2.05, 4.69) is 50.2 Å². The zero-order chi connectivity index (χ0) is 16.3. The highest BCUT2D eigenvalue weighted by molar-refractivity contribution is 7.99. The van der Waals surface area contributed by atoms with Crippen LogP contribution in [0.2, 0.25) is 0 Å². The molecule has 0 bridgehead atoms. The van der Waals surface area contributed by atoms with Gasteiger partial charge in [0, 0.05) is 15.5 Å². The summed E-state index contributed by atoms with van der Waals surface area (Å²) in [5.41, 5.74) is 9.48. The molecule has 0 saturated heterocycles. The van der Waals surface area contributed by atoms with Crippen molar-refractivity contribution < 1.29 is 0 Å². The number of nitrogens with two attached hydrogens (primary N) is 1. The maximum absolute atomic E-state index is 6.04. The van der Waals surface area contributed by atoms with Gasteiger partial charge in [0.25, 0.3) is 0 Å². The van der Waals surface area contributed by atoms with E-state index in [1.54, 1.807) is 11.8 Å². The Morgan fingerprint density at radius 3 is 2.10 bits per heavy atom. The lowest BCUT2D eigenvalue weighted by Gasteiger charge is -2.09. The van der Waals surface area contributed by atoms with E-state index in [0.717, 1.165) is 17.0 Å². The fourth-order valence-corrected chi connectivity index (χ4v) is 2.81. The van der Waals surface area contributed by atoms with Crippen LogP contribution in [0.1, 0.15) is 45.7 Å². The lowest BCUT2D eigenvalue weighted by atomic mass is 10.2. The van der Waals surface area contributed by atoms with E-state index in [1.165, 1.54) is 16.0 Å². The predicted molar refractivity (Wildman–Crippen MR) is 98.2 cm³/mol. The normalized spacial score (nSPS) is 9.05. The minimum atomic E-state index is 0.862. The van der Waals surface area contributed by atoms with Crippen LogP contribution < -0.4 is 5.73 Å². The van der Waals surface area contributed by atoms with Crippen molar-refractivity contribution in [2.75, 3.05) is 5.73 Å². The average Bonchev–Trinajstić information content (AvgIpc) is 2.54. The zero-order valence-corrected chi connectivity index (χ0v) is 15.1. The summed E-state index contributed by atoms with van der Waals surface area (Å²) in [7, 11) is 0. The molecule has 0 heterocycles. The number of hydrogen-bond donors (Lipinski definition) is 1. The lowest BCUT2D eigenvalue weighted by molar-refractivity contribution is 1.08. The van der Waals surface area contributed by atoms with E-state index < -0.39 is 0 Å². The molecule has 2 aromatic rings. The summed E-state index contributed by atoms with van der Waals surface area (Å²) < 4.78 is 0. The van der Waals surface area contributed by atoms with Crippen LogP contribution in [0.15, 0.2) is 52.3 Å². The first kappa shape index (κ1) is 19.6. The molecule has 116 valence electrons. The van der Waals surface area contributed by atoms with Crippen LogP contribution in [0, 0.1) is 6.92 Å². The largest absolute Gasteiger partial charge is 0.398 e. The number of nitrogen functional groups attached to an aromatic ring is 1. The highest BCUT2D eigenvalue weighted by atomic mass is 32.2. The van der Waals surface area contributed by atoms with Crippen molar-refractivity contribution in [2.45, 2.75) is 57.8 Å². The van der Waals surface area contributed by atoms with E-state index in [0.29, 0.717) is 0 Å². The highest BCUT2D eigenvalue weighted by Gasteiger charge is 2.05. The molecule has 0 aliphatic heterocycles. The molecule has 1 nitrogen and oxygen atoms in total. The van der Waals surface area contributed by atoms with Gasteiger partial charge in [0.05, 0.1) is 0 Å². The monoisotopic (exact) mass is 303 g/mol. The van der Waals surface area contributed by atoms with Crippen molar-refractivity contribution in [2.24, 2.45) is 0 Å². The Morgan fingerprint density at radius 1 is 0.905 bits per heavy atom. The zero-order valence-electron chi connectivity index (χ0n) is 14.2. The fourth-order valence-electron chi connectivity index (χ4n) is 1.77. The molecule has 0 unspecified atom stereocenters. The number of anilines is 1. The minimum absolute atomic E-state index is 0.862. The topological polar surface area (TPSA) is 26.0 Å². The van der Waals surface area contributed by atoms with E-state index in [1.807, 2.05) is 33.8 Å². The number of rotatable bonds is 3. The Bertz CT molecular complexity index is 521. The van der Waals surface area contributed by atoms with E-state index in [-0.39, 0.29) is 0 Å². The smallest absolute Gasteiger partial charge is 0.0458 e. The summed E-state index contributed by atoms with van der Waals surface area (Å²) in [5.74, 6) is 0. The van der Waals surface area contributed by atoms with E-state index >= 15 is 0 Å². The van der Waals surface area contributed by atoms with Gasteiger partial charge in [-0.3, -0.25) is 0 Å². The first-order chi connectivity index (χ1) is 10.2. The van der Waals surface area contributed by atoms with Crippen molar-refractivity contribution in [3.63, 3.8) is 0 Å². The summed E-state index contributed by atoms with van der Waals surface area (Å²) in [6.45, 7) is 12.2. The maximum atomic E-state index is 6.04. The lowest BCUT2D eigenvalue weighted by Crippen LogP contribution is -1.90. The molecule has 2 N–H and O–H groups in total. The minimum Gasteiger partial charge on any atom is -0.398 e. The molecule has 0 radical (unpaired) electrons. The number of benzene rings is 2. The second-order valence-corrected chi connectivity index (χ2v) is 5.19. The van der Waals surface area contributed by atoms with Gasteiger partial charge in [-0.25, -0.2) is 0 Å². The third-order valence-electron chi connectivity index (χ3n) is 2.74. The highest BCUT2D eigenvalue weighted by Crippen LogP contribution is 2.34. The molecule has 2 rings (SSSR count). The quantitative estimate of drug-likeness (QED) is 0.669. The Balaban J connectivity index is 0.000000921. The van der Waals surface area contributed by atoms with Crippen molar-refractivity contribution >= 4 is 17.4 Å². The van der Waals surface area contributed by atoms with Crippen LogP contribution in [0.4, 0.5) is 5.69 Å². The van der Waals surface area contributed by atoms with Gasteiger partial charge in [-0.15, -0.1) is 0 Å². The van der Waals surface area contributed by atoms with Crippen molar-refractivity contribution in [3.05, 3.63) is 53.6 Å². The van der Waals surface area contributed by atoms with Crippen molar-refractivity contribution in [3.8, 4) is 0 Å². The van der Waals surface area contributed by atoms with Crippen LogP contribution in [0.5, 0.6) is 0 Å². The van der Waals surface area contributed by atoms with Gasteiger partial charge in [-0.2, -0.15) is 0 Å².